The van der Waals surface area contributed by atoms with Crippen LogP contribution in [0.4, 0.5) is 10.2 Å². The third kappa shape index (κ3) is 3.60. The number of rotatable bonds is 3. The Balaban J connectivity index is 1.55. The van der Waals surface area contributed by atoms with E-state index in [0.29, 0.717) is 26.2 Å². The van der Waals surface area contributed by atoms with Gasteiger partial charge >= 0.3 is 0 Å². The zero-order valence-corrected chi connectivity index (χ0v) is 17.0. The summed E-state index contributed by atoms with van der Waals surface area (Å²) in [5, 5.41) is 1.19. The number of hydrogen-bond acceptors (Lipinski definition) is 4. The molecular weight excluding hydrogens is 393 g/mol. The van der Waals surface area contributed by atoms with Crippen LogP contribution in [0.5, 0.6) is 5.75 Å². The van der Waals surface area contributed by atoms with E-state index in [1.165, 1.54) is 18.2 Å². The van der Waals surface area contributed by atoms with E-state index < -0.39 is 5.82 Å². The van der Waals surface area contributed by atoms with Gasteiger partial charge in [0.25, 0.3) is 5.91 Å². The molecule has 1 aliphatic rings. The molecule has 0 radical (unpaired) electrons. The zero-order chi connectivity index (χ0) is 20.5. The van der Waals surface area contributed by atoms with Gasteiger partial charge in [-0.05, 0) is 36.8 Å². The molecule has 3 aromatic rings. The number of nitrogens with zero attached hydrogens (tertiary/aromatic N) is 3. The van der Waals surface area contributed by atoms with Gasteiger partial charge in [-0.25, -0.2) is 9.37 Å². The van der Waals surface area contributed by atoms with Crippen LogP contribution in [0.2, 0.25) is 5.02 Å². The monoisotopic (exact) mass is 413 g/mol. The van der Waals surface area contributed by atoms with Gasteiger partial charge in [-0.2, -0.15) is 0 Å². The average molecular weight is 414 g/mol. The summed E-state index contributed by atoms with van der Waals surface area (Å²) in [7, 11) is 1.64. The first kappa shape index (κ1) is 19.5. The molecule has 4 rings (SSSR count). The molecule has 0 unspecified atom stereocenters. The number of benzene rings is 2. The minimum Gasteiger partial charge on any atom is -0.494 e. The lowest BCUT2D eigenvalue weighted by atomic mass is 10.1. The Bertz CT molecular complexity index is 1060. The highest BCUT2D eigenvalue weighted by Crippen LogP contribution is 2.30. The van der Waals surface area contributed by atoms with Crippen LogP contribution < -0.4 is 9.64 Å². The molecule has 29 heavy (non-hydrogen) atoms. The van der Waals surface area contributed by atoms with Gasteiger partial charge < -0.3 is 14.5 Å². The maximum atomic E-state index is 14.1. The van der Waals surface area contributed by atoms with Gasteiger partial charge in [-0.3, -0.25) is 4.79 Å². The predicted octanol–water partition coefficient (Wildman–Crippen LogP) is 4.31. The molecule has 1 aromatic heterocycles. The third-order valence-electron chi connectivity index (χ3n) is 5.28. The van der Waals surface area contributed by atoms with Crippen molar-refractivity contribution in [2.24, 2.45) is 0 Å². The number of para-hydroxylation sites is 1. The SMILES string of the molecule is COc1cccc2c(C)cc(N3CCN(C(=O)c4c(F)cccc4Cl)CC3)nc12. The number of anilines is 1. The van der Waals surface area contributed by atoms with Gasteiger partial charge in [0.2, 0.25) is 0 Å². The lowest BCUT2D eigenvalue weighted by molar-refractivity contribution is 0.0742. The standard InChI is InChI=1S/C22H21ClFN3O2/c1-14-13-19(25-21-15(14)5-3-8-18(21)29-2)26-9-11-27(12-10-26)22(28)20-16(23)6-4-7-17(20)24/h3-8,13H,9-12H2,1-2H3. The van der Waals surface area contributed by atoms with Crippen molar-refractivity contribution in [2.45, 2.75) is 6.92 Å². The molecule has 2 aromatic carbocycles. The molecule has 7 heteroatoms. The van der Waals surface area contributed by atoms with Crippen LogP contribution in [0, 0.1) is 12.7 Å². The summed E-state index contributed by atoms with van der Waals surface area (Å²) in [5.41, 5.74) is 1.87. The number of ether oxygens (including phenoxy) is 1. The van der Waals surface area contributed by atoms with Gasteiger partial charge in [0, 0.05) is 31.6 Å². The molecule has 0 spiro atoms. The van der Waals surface area contributed by atoms with E-state index >= 15 is 0 Å². The first-order valence-electron chi connectivity index (χ1n) is 9.42. The maximum absolute atomic E-state index is 14.1. The van der Waals surface area contributed by atoms with Gasteiger partial charge in [-0.15, -0.1) is 0 Å². The number of aromatic nitrogens is 1. The summed E-state index contributed by atoms with van der Waals surface area (Å²) >= 11 is 6.05. The molecule has 1 fully saturated rings. The van der Waals surface area contributed by atoms with Crippen LogP contribution in [-0.2, 0) is 0 Å². The lowest BCUT2D eigenvalue weighted by Crippen LogP contribution is -2.49. The fourth-order valence-electron chi connectivity index (χ4n) is 3.70. The van der Waals surface area contributed by atoms with E-state index in [1.54, 1.807) is 12.0 Å². The van der Waals surface area contributed by atoms with E-state index in [0.717, 1.165) is 28.0 Å². The molecule has 0 bridgehead atoms. The summed E-state index contributed by atoms with van der Waals surface area (Å²) in [5.74, 6) is 0.604. The van der Waals surface area contributed by atoms with Gasteiger partial charge in [0.1, 0.15) is 22.9 Å². The second-order valence-corrected chi connectivity index (χ2v) is 7.44. The Morgan fingerprint density at radius 2 is 1.86 bits per heavy atom. The zero-order valence-electron chi connectivity index (χ0n) is 16.3. The molecule has 1 aliphatic heterocycles. The second-order valence-electron chi connectivity index (χ2n) is 7.03. The summed E-state index contributed by atoms with van der Waals surface area (Å²) in [6.45, 7) is 4.19. The van der Waals surface area contributed by atoms with E-state index in [2.05, 4.69) is 4.90 Å². The molecule has 0 aliphatic carbocycles. The number of fused-ring (bicyclic) bond motifs is 1. The maximum Gasteiger partial charge on any atom is 0.258 e. The second kappa shape index (κ2) is 7.87. The molecule has 1 saturated heterocycles. The molecule has 0 N–H and O–H groups in total. The Morgan fingerprint density at radius 1 is 1.14 bits per heavy atom. The molecule has 5 nitrogen and oxygen atoms in total. The fourth-order valence-corrected chi connectivity index (χ4v) is 3.94. The summed E-state index contributed by atoms with van der Waals surface area (Å²) in [6.07, 6.45) is 0. The minimum atomic E-state index is -0.594. The van der Waals surface area contributed by atoms with Crippen molar-refractivity contribution in [1.29, 1.82) is 0 Å². The van der Waals surface area contributed by atoms with Gasteiger partial charge in [-0.1, -0.05) is 29.8 Å². The number of hydrogen-bond donors (Lipinski definition) is 0. The average Bonchev–Trinajstić information content (AvgIpc) is 2.73. The molecule has 2 heterocycles. The fraction of sp³-hybridized carbons (Fsp3) is 0.273. The third-order valence-corrected chi connectivity index (χ3v) is 5.60. The quantitative estimate of drug-likeness (QED) is 0.642. The van der Waals surface area contributed by atoms with Crippen molar-refractivity contribution in [3.63, 3.8) is 0 Å². The van der Waals surface area contributed by atoms with Crippen molar-refractivity contribution in [3.8, 4) is 5.75 Å². The predicted molar refractivity (Wildman–Crippen MR) is 113 cm³/mol. The van der Waals surface area contributed by atoms with Crippen molar-refractivity contribution < 1.29 is 13.9 Å². The highest BCUT2D eigenvalue weighted by atomic mass is 35.5. The topological polar surface area (TPSA) is 45.7 Å². The molecule has 0 saturated carbocycles. The van der Waals surface area contributed by atoms with E-state index in [9.17, 15) is 9.18 Å². The van der Waals surface area contributed by atoms with E-state index in [1.807, 2.05) is 31.2 Å². The Hall–Kier alpha value is -2.86. The van der Waals surface area contributed by atoms with Crippen LogP contribution in [0.3, 0.4) is 0 Å². The summed E-state index contributed by atoms with van der Waals surface area (Å²) < 4.78 is 19.6. The van der Waals surface area contributed by atoms with Crippen LogP contribution >= 0.6 is 11.6 Å². The Morgan fingerprint density at radius 3 is 2.55 bits per heavy atom. The molecule has 150 valence electrons. The van der Waals surface area contributed by atoms with Crippen LogP contribution in [0.25, 0.3) is 10.9 Å². The normalized spacial score (nSPS) is 14.3. The van der Waals surface area contributed by atoms with E-state index in [4.69, 9.17) is 21.3 Å². The summed E-state index contributed by atoms with van der Waals surface area (Å²) in [6, 6.07) is 12.2. The van der Waals surface area contributed by atoms with Crippen molar-refractivity contribution in [2.75, 3.05) is 38.2 Å². The number of halogens is 2. The van der Waals surface area contributed by atoms with Gasteiger partial charge in [0.15, 0.2) is 0 Å². The lowest BCUT2D eigenvalue weighted by Gasteiger charge is -2.36. The van der Waals surface area contributed by atoms with Crippen molar-refractivity contribution in [1.82, 2.24) is 9.88 Å². The minimum absolute atomic E-state index is 0.0629. The number of amides is 1. The summed E-state index contributed by atoms with van der Waals surface area (Å²) in [4.78, 5) is 21.3. The largest absolute Gasteiger partial charge is 0.494 e. The first-order valence-corrected chi connectivity index (χ1v) is 9.80. The Labute approximate surface area is 173 Å². The number of carbonyl (C=O) groups excluding carboxylic acids is 1. The number of piperazine rings is 1. The Kier molecular flexibility index (Phi) is 5.28. The van der Waals surface area contributed by atoms with Gasteiger partial charge in [0.05, 0.1) is 17.7 Å². The molecule has 1 amide bonds. The first-order chi connectivity index (χ1) is 14.0. The highest BCUT2D eigenvalue weighted by molar-refractivity contribution is 6.33. The number of methoxy groups -OCH3 is 1. The highest BCUT2D eigenvalue weighted by Gasteiger charge is 2.26. The van der Waals surface area contributed by atoms with Crippen LogP contribution in [0.1, 0.15) is 15.9 Å². The van der Waals surface area contributed by atoms with Crippen LogP contribution in [0.15, 0.2) is 42.5 Å². The number of pyridine rings is 1. The smallest absolute Gasteiger partial charge is 0.258 e. The van der Waals surface area contributed by atoms with Crippen molar-refractivity contribution in [3.05, 3.63) is 64.4 Å². The molecular formula is C22H21ClFN3O2. The van der Waals surface area contributed by atoms with E-state index in [-0.39, 0.29) is 16.5 Å². The van der Waals surface area contributed by atoms with Crippen LogP contribution in [-0.4, -0.2) is 49.1 Å². The van der Waals surface area contributed by atoms with Crippen molar-refractivity contribution >= 4 is 34.2 Å². The number of carbonyl (C=O) groups is 1. The molecule has 0 atom stereocenters. The number of aryl methyl sites for hydroxylation is 1.